The van der Waals surface area contributed by atoms with Crippen LogP contribution in [0.1, 0.15) is 15.9 Å². The summed E-state index contributed by atoms with van der Waals surface area (Å²) in [5.74, 6) is -1.13. The van der Waals surface area contributed by atoms with Gasteiger partial charge in [0.2, 0.25) is 15.9 Å². The van der Waals surface area contributed by atoms with Gasteiger partial charge in [0.1, 0.15) is 11.9 Å². The quantitative estimate of drug-likeness (QED) is 0.546. The van der Waals surface area contributed by atoms with Crippen LogP contribution in [-0.4, -0.2) is 61.7 Å². The van der Waals surface area contributed by atoms with Crippen molar-refractivity contribution in [2.45, 2.75) is 17.4 Å². The molecule has 4 rings (SSSR count). The van der Waals surface area contributed by atoms with Crippen LogP contribution in [-0.2, 0) is 21.2 Å². The Hall–Kier alpha value is -3.56. The van der Waals surface area contributed by atoms with Crippen molar-refractivity contribution in [3.05, 3.63) is 102 Å². The zero-order valence-corrected chi connectivity index (χ0v) is 19.8. The van der Waals surface area contributed by atoms with Crippen LogP contribution in [0.2, 0.25) is 0 Å². The van der Waals surface area contributed by atoms with Gasteiger partial charge < -0.3 is 10.2 Å². The van der Waals surface area contributed by atoms with E-state index in [4.69, 9.17) is 0 Å². The first-order chi connectivity index (χ1) is 16.8. The number of benzene rings is 3. The fourth-order valence-corrected chi connectivity index (χ4v) is 5.43. The van der Waals surface area contributed by atoms with E-state index in [1.165, 1.54) is 16.4 Å². The summed E-state index contributed by atoms with van der Waals surface area (Å²) in [6, 6.07) is 22.0. The molecule has 3 aromatic carbocycles. The summed E-state index contributed by atoms with van der Waals surface area (Å²) >= 11 is 0. The monoisotopic (exact) mass is 495 g/mol. The van der Waals surface area contributed by atoms with E-state index < -0.39 is 21.9 Å². The van der Waals surface area contributed by atoms with Crippen molar-refractivity contribution in [1.82, 2.24) is 14.5 Å². The molecule has 0 bridgehead atoms. The molecule has 0 saturated carbocycles. The van der Waals surface area contributed by atoms with Gasteiger partial charge in [0.25, 0.3) is 5.91 Å². The molecule has 182 valence electrons. The van der Waals surface area contributed by atoms with E-state index in [1.807, 2.05) is 36.4 Å². The molecule has 1 atom stereocenters. The van der Waals surface area contributed by atoms with Crippen LogP contribution in [0, 0.1) is 5.82 Å². The second kappa shape index (κ2) is 10.8. The maximum atomic E-state index is 13.4. The van der Waals surface area contributed by atoms with E-state index in [-0.39, 0.29) is 42.9 Å². The van der Waals surface area contributed by atoms with Gasteiger partial charge in [0, 0.05) is 38.2 Å². The first kappa shape index (κ1) is 24.6. The summed E-state index contributed by atoms with van der Waals surface area (Å²) in [7, 11) is -3.79. The van der Waals surface area contributed by atoms with E-state index in [9.17, 15) is 22.4 Å². The van der Waals surface area contributed by atoms with Gasteiger partial charge in [-0.25, -0.2) is 12.8 Å². The van der Waals surface area contributed by atoms with Crippen LogP contribution >= 0.6 is 0 Å². The maximum absolute atomic E-state index is 13.4. The summed E-state index contributed by atoms with van der Waals surface area (Å²) in [6.45, 7) is 0.587. The molecule has 1 fully saturated rings. The summed E-state index contributed by atoms with van der Waals surface area (Å²) in [6.07, 6.45) is 0.312. The number of sulfonamides is 1. The minimum Gasteiger partial charge on any atom is -0.340 e. The van der Waals surface area contributed by atoms with Crippen molar-refractivity contribution in [2.24, 2.45) is 0 Å². The number of carbonyl (C=O) groups is 2. The summed E-state index contributed by atoms with van der Waals surface area (Å²) in [5.41, 5.74) is 1.35. The van der Waals surface area contributed by atoms with Crippen LogP contribution in [0.3, 0.4) is 0 Å². The van der Waals surface area contributed by atoms with Crippen molar-refractivity contribution >= 4 is 21.8 Å². The Morgan fingerprint density at radius 2 is 1.40 bits per heavy atom. The van der Waals surface area contributed by atoms with Crippen LogP contribution in [0.5, 0.6) is 0 Å². The van der Waals surface area contributed by atoms with E-state index in [2.05, 4.69) is 5.32 Å². The molecule has 1 heterocycles. The Morgan fingerprint density at radius 3 is 2.00 bits per heavy atom. The third-order valence-electron chi connectivity index (χ3n) is 5.92. The van der Waals surface area contributed by atoms with Gasteiger partial charge in [-0.1, -0.05) is 48.5 Å². The standard InChI is InChI=1S/C26H26FN3O4S/c27-22-11-13-23(14-12-22)35(33,34)30-17-15-29(16-18-30)26(32)24(19-20-7-3-1-4-8-20)28-25(31)21-9-5-2-6-10-21/h1-14,24H,15-19H2,(H,28,31)/t24-/m0/s1. The van der Waals surface area contributed by atoms with Gasteiger partial charge in [-0.2, -0.15) is 4.31 Å². The predicted molar refractivity (Wildman–Crippen MR) is 130 cm³/mol. The lowest BCUT2D eigenvalue weighted by Gasteiger charge is -2.36. The molecule has 35 heavy (non-hydrogen) atoms. The van der Waals surface area contributed by atoms with Crippen LogP contribution < -0.4 is 5.32 Å². The second-order valence-corrected chi connectivity index (χ2v) is 10.2. The maximum Gasteiger partial charge on any atom is 0.251 e. The molecule has 0 radical (unpaired) electrons. The molecule has 0 unspecified atom stereocenters. The average molecular weight is 496 g/mol. The number of hydrogen-bond acceptors (Lipinski definition) is 4. The normalized spacial score (nSPS) is 15.4. The molecule has 1 aliphatic rings. The average Bonchev–Trinajstić information content (AvgIpc) is 2.89. The number of nitrogens with zero attached hydrogens (tertiary/aromatic N) is 2. The lowest BCUT2D eigenvalue weighted by atomic mass is 10.0. The third-order valence-corrected chi connectivity index (χ3v) is 7.84. The highest BCUT2D eigenvalue weighted by atomic mass is 32.2. The molecule has 9 heteroatoms. The Kier molecular flexibility index (Phi) is 7.57. The summed E-state index contributed by atoms with van der Waals surface area (Å²) in [5, 5.41) is 2.85. The number of amides is 2. The SMILES string of the molecule is O=C(N[C@@H](Cc1ccccc1)C(=O)N1CCN(S(=O)(=O)c2ccc(F)cc2)CC1)c1ccccc1. The van der Waals surface area contributed by atoms with Crippen molar-refractivity contribution < 1.29 is 22.4 Å². The Labute approximate surface area is 204 Å². The largest absolute Gasteiger partial charge is 0.340 e. The topological polar surface area (TPSA) is 86.8 Å². The molecular formula is C26H26FN3O4S. The number of hydrogen-bond donors (Lipinski definition) is 1. The fraction of sp³-hybridized carbons (Fsp3) is 0.231. The van der Waals surface area contributed by atoms with Crippen molar-refractivity contribution in [1.29, 1.82) is 0 Å². The Morgan fingerprint density at radius 1 is 0.829 bits per heavy atom. The minimum absolute atomic E-state index is 0.00996. The zero-order chi connectivity index (χ0) is 24.8. The van der Waals surface area contributed by atoms with Crippen molar-refractivity contribution in [3.8, 4) is 0 Å². The van der Waals surface area contributed by atoms with Crippen LogP contribution in [0.25, 0.3) is 0 Å². The lowest BCUT2D eigenvalue weighted by molar-refractivity contribution is -0.134. The molecular weight excluding hydrogens is 469 g/mol. The van der Waals surface area contributed by atoms with Gasteiger partial charge in [0.05, 0.1) is 4.90 Å². The van der Waals surface area contributed by atoms with E-state index in [0.717, 1.165) is 17.7 Å². The number of piperazine rings is 1. The Balaban J connectivity index is 1.46. The molecule has 2 amide bonds. The Bertz CT molecular complexity index is 1260. The number of halogens is 1. The highest BCUT2D eigenvalue weighted by molar-refractivity contribution is 7.89. The van der Waals surface area contributed by atoms with Gasteiger partial charge in [-0.05, 0) is 42.0 Å². The van der Waals surface area contributed by atoms with E-state index >= 15 is 0 Å². The smallest absolute Gasteiger partial charge is 0.251 e. The predicted octanol–water partition coefficient (Wildman–Crippen LogP) is 2.70. The van der Waals surface area contributed by atoms with Gasteiger partial charge in [0.15, 0.2) is 0 Å². The minimum atomic E-state index is -3.79. The van der Waals surface area contributed by atoms with Crippen LogP contribution in [0.15, 0.2) is 89.8 Å². The van der Waals surface area contributed by atoms with E-state index in [1.54, 1.807) is 29.2 Å². The fourth-order valence-electron chi connectivity index (χ4n) is 4.01. The van der Waals surface area contributed by atoms with Gasteiger partial charge >= 0.3 is 0 Å². The second-order valence-electron chi connectivity index (χ2n) is 8.27. The first-order valence-electron chi connectivity index (χ1n) is 11.3. The highest BCUT2D eigenvalue weighted by Crippen LogP contribution is 2.19. The molecule has 0 aliphatic carbocycles. The van der Waals surface area contributed by atoms with E-state index in [0.29, 0.717) is 12.0 Å². The molecule has 0 aromatic heterocycles. The number of carbonyl (C=O) groups excluding carboxylic acids is 2. The number of rotatable bonds is 7. The zero-order valence-electron chi connectivity index (χ0n) is 19.0. The van der Waals surface area contributed by atoms with Gasteiger partial charge in [-0.15, -0.1) is 0 Å². The highest BCUT2D eigenvalue weighted by Gasteiger charge is 2.33. The van der Waals surface area contributed by atoms with Crippen LogP contribution in [0.4, 0.5) is 4.39 Å². The summed E-state index contributed by atoms with van der Waals surface area (Å²) in [4.78, 5) is 27.8. The molecule has 1 N–H and O–H groups in total. The molecule has 7 nitrogen and oxygen atoms in total. The summed E-state index contributed by atoms with van der Waals surface area (Å²) < 4.78 is 40.3. The first-order valence-corrected chi connectivity index (χ1v) is 12.7. The van der Waals surface area contributed by atoms with Crippen molar-refractivity contribution in [3.63, 3.8) is 0 Å². The third kappa shape index (κ3) is 5.93. The van der Waals surface area contributed by atoms with Gasteiger partial charge in [-0.3, -0.25) is 9.59 Å². The molecule has 3 aromatic rings. The molecule has 0 spiro atoms. The lowest BCUT2D eigenvalue weighted by Crippen LogP contribution is -2.56. The molecule has 1 aliphatic heterocycles. The molecule has 1 saturated heterocycles. The number of nitrogens with one attached hydrogen (secondary N) is 1. The van der Waals surface area contributed by atoms with Crippen molar-refractivity contribution in [2.75, 3.05) is 26.2 Å².